The van der Waals surface area contributed by atoms with E-state index in [0.29, 0.717) is 24.3 Å². The summed E-state index contributed by atoms with van der Waals surface area (Å²) in [5.74, 6) is 0.845. The number of nitrogens with one attached hydrogen (secondary N) is 2. The number of aromatic nitrogens is 1. The number of hydrogen-bond donors (Lipinski definition) is 2. The highest BCUT2D eigenvalue weighted by Crippen LogP contribution is 2.51. The summed E-state index contributed by atoms with van der Waals surface area (Å²) in [5, 5.41) is 2.84. The summed E-state index contributed by atoms with van der Waals surface area (Å²) in [6.45, 7) is 3.48. The third kappa shape index (κ3) is 4.27. The zero-order valence-electron chi connectivity index (χ0n) is 14.5. The minimum atomic E-state index is -4.77. The highest BCUT2D eigenvalue weighted by atomic mass is 19.4. The average Bonchev–Trinajstić information content (AvgIpc) is 2.98. The standard InChI is InChI=1S/C19H20F3N3O2/c20-19(21,22)27-14-5-1-3-12(7-14)18(26)24-8-15-16-10-25(11-17(15)16)9-13-4-2-6-23-13/h1-7,15-17,23H,8-11H2,(H,24,26). The van der Waals surface area contributed by atoms with Crippen molar-refractivity contribution in [3.8, 4) is 5.75 Å². The highest BCUT2D eigenvalue weighted by Gasteiger charge is 2.55. The fourth-order valence-corrected chi connectivity index (χ4v) is 4.02. The molecular formula is C19H20F3N3O2. The number of hydrogen-bond acceptors (Lipinski definition) is 3. The van der Waals surface area contributed by atoms with Crippen molar-refractivity contribution >= 4 is 5.91 Å². The van der Waals surface area contributed by atoms with Gasteiger partial charge < -0.3 is 15.0 Å². The number of alkyl halides is 3. The molecule has 1 aliphatic heterocycles. The normalized spacial score (nSPS) is 24.5. The fraction of sp³-hybridized carbons (Fsp3) is 0.421. The van der Waals surface area contributed by atoms with Crippen LogP contribution in [0.1, 0.15) is 16.1 Å². The van der Waals surface area contributed by atoms with Crippen molar-refractivity contribution in [2.45, 2.75) is 12.9 Å². The molecule has 27 heavy (non-hydrogen) atoms. The van der Waals surface area contributed by atoms with Crippen LogP contribution in [0.15, 0.2) is 42.6 Å². The molecule has 5 nitrogen and oxygen atoms in total. The van der Waals surface area contributed by atoms with Gasteiger partial charge in [-0.3, -0.25) is 9.69 Å². The molecule has 2 heterocycles. The Kier molecular flexibility index (Phi) is 4.59. The van der Waals surface area contributed by atoms with Crippen molar-refractivity contribution in [2.24, 2.45) is 17.8 Å². The zero-order valence-corrected chi connectivity index (χ0v) is 14.5. The maximum atomic E-state index is 12.3. The Balaban J connectivity index is 1.24. The van der Waals surface area contributed by atoms with Crippen molar-refractivity contribution in [3.05, 3.63) is 53.9 Å². The lowest BCUT2D eigenvalue weighted by Gasteiger charge is -2.18. The highest BCUT2D eigenvalue weighted by molar-refractivity contribution is 5.94. The predicted molar refractivity (Wildman–Crippen MR) is 92.0 cm³/mol. The molecular weight excluding hydrogens is 359 g/mol. The van der Waals surface area contributed by atoms with E-state index in [-0.39, 0.29) is 11.5 Å². The largest absolute Gasteiger partial charge is 0.573 e. The van der Waals surface area contributed by atoms with Gasteiger partial charge in [-0.2, -0.15) is 0 Å². The van der Waals surface area contributed by atoms with Crippen LogP contribution in [0.5, 0.6) is 5.75 Å². The zero-order chi connectivity index (χ0) is 19.0. The number of aromatic amines is 1. The Labute approximate surface area is 154 Å². The van der Waals surface area contributed by atoms with Crippen LogP contribution in [0.25, 0.3) is 0 Å². The number of fused-ring (bicyclic) bond motifs is 1. The topological polar surface area (TPSA) is 57.4 Å². The number of piperidine rings is 1. The van der Waals surface area contributed by atoms with E-state index in [4.69, 9.17) is 0 Å². The third-order valence-corrected chi connectivity index (χ3v) is 5.33. The van der Waals surface area contributed by atoms with Gasteiger partial charge in [-0.15, -0.1) is 13.2 Å². The van der Waals surface area contributed by atoms with E-state index in [0.717, 1.165) is 25.7 Å². The van der Waals surface area contributed by atoms with Crippen LogP contribution in [0.2, 0.25) is 0 Å². The Morgan fingerprint density at radius 3 is 2.67 bits per heavy atom. The van der Waals surface area contributed by atoms with Crippen LogP contribution in [-0.4, -0.2) is 41.8 Å². The Morgan fingerprint density at radius 2 is 2.00 bits per heavy atom. The van der Waals surface area contributed by atoms with Crippen LogP contribution in [0.4, 0.5) is 13.2 Å². The van der Waals surface area contributed by atoms with Gasteiger partial charge in [-0.05, 0) is 48.1 Å². The molecule has 1 aromatic carbocycles. The summed E-state index contributed by atoms with van der Waals surface area (Å²) in [5.41, 5.74) is 1.36. The first kappa shape index (κ1) is 17.9. The summed E-state index contributed by atoms with van der Waals surface area (Å²) in [7, 11) is 0. The van der Waals surface area contributed by atoms with Gasteiger partial charge in [0.05, 0.1) is 0 Å². The minimum absolute atomic E-state index is 0.163. The SMILES string of the molecule is O=C(NCC1C2CN(Cc3ccc[nH]3)CC12)c1cccc(OC(F)(F)F)c1. The molecule has 2 atom stereocenters. The number of ether oxygens (including phenoxy) is 1. The van der Waals surface area contributed by atoms with Crippen molar-refractivity contribution in [2.75, 3.05) is 19.6 Å². The fourth-order valence-electron chi connectivity index (χ4n) is 4.02. The van der Waals surface area contributed by atoms with Crippen LogP contribution in [0, 0.1) is 17.8 Å². The van der Waals surface area contributed by atoms with E-state index >= 15 is 0 Å². The number of rotatable bonds is 6. The van der Waals surface area contributed by atoms with Crippen LogP contribution in [-0.2, 0) is 6.54 Å². The second-order valence-corrected chi connectivity index (χ2v) is 7.17. The number of carbonyl (C=O) groups excluding carboxylic acids is 1. The molecule has 0 bridgehead atoms. The Morgan fingerprint density at radius 1 is 1.22 bits per heavy atom. The number of H-pyrrole nitrogens is 1. The van der Waals surface area contributed by atoms with Gasteiger partial charge >= 0.3 is 6.36 Å². The lowest BCUT2D eigenvalue weighted by molar-refractivity contribution is -0.274. The Bertz CT molecular complexity index is 795. The van der Waals surface area contributed by atoms with Gasteiger partial charge in [0.1, 0.15) is 5.75 Å². The lowest BCUT2D eigenvalue weighted by Crippen LogP contribution is -2.30. The van der Waals surface area contributed by atoms with Crippen molar-refractivity contribution in [1.29, 1.82) is 0 Å². The van der Waals surface area contributed by atoms with Crippen molar-refractivity contribution in [3.63, 3.8) is 0 Å². The Hall–Kier alpha value is -2.48. The summed E-state index contributed by atoms with van der Waals surface area (Å²) >= 11 is 0. The van der Waals surface area contributed by atoms with E-state index in [1.165, 1.54) is 23.9 Å². The molecule has 2 aromatic rings. The maximum Gasteiger partial charge on any atom is 0.573 e. The average molecular weight is 379 g/mol. The van der Waals surface area contributed by atoms with Gasteiger partial charge in [-0.1, -0.05) is 6.07 Å². The number of carbonyl (C=O) groups is 1. The molecule has 2 aliphatic rings. The summed E-state index contributed by atoms with van der Waals surface area (Å²) in [6.07, 6.45) is -2.86. The van der Waals surface area contributed by atoms with Gasteiger partial charge in [-0.25, -0.2) is 0 Å². The summed E-state index contributed by atoms with van der Waals surface area (Å²) in [4.78, 5) is 17.8. The number of likely N-dealkylation sites (tertiary alicyclic amines) is 1. The molecule has 2 fully saturated rings. The number of amides is 1. The smallest absolute Gasteiger partial charge is 0.406 e. The predicted octanol–water partition coefficient (Wildman–Crippen LogP) is 3.02. The van der Waals surface area contributed by atoms with Gasteiger partial charge in [0.2, 0.25) is 0 Å². The number of benzene rings is 1. The maximum absolute atomic E-state index is 12.3. The van der Waals surface area contributed by atoms with E-state index in [1.54, 1.807) is 0 Å². The second-order valence-electron chi connectivity index (χ2n) is 7.17. The molecule has 2 N–H and O–H groups in total. The summed E-state index contributed by atoms with van der Waals surface area (Å²) in [6, 6.07) is 9.19. The van der Waals surface area contributed by atoms with Crippen LogP contribution < -0.4 is 10.1 Å². The van der Waals surface area contributed by atoms with E-state index in [1.807, 2.05) is 12.3 Å². The van der Waals surface area contributed by atoms with Crippen molar-refractivity contribution < 1.29 is 22.7 Å². The molecule has 1 saturated carbocycles. The quantitative estimate of drug-likeness (QED) is 0.811. The molecule has 0 spiro atoms. The van der Waals surface area contributed by atoms with Gasteiger partial charge in [0, 0.05) is 43.6 Å². The van der Waals surface area contributed by atoms with Gasteiger partial charge in [0.25, 0.3) is 5.91 Å². The molecule has 1 amide bonds. The lowest BCUT2D eigenvalue weighted by atomic mass is 10.2. The monoisotopic (exact) mass is 379 g/mol. The number of nitrogens with zero attached hydrogens (tertiary/aromatic N) is 1. The first-order chi connectivity index (χ1) is 12.9. The molecule has 2 unspecified atom stereocenters. The molecule has 144 valence electrons. The van der Waals surface area contributed by atoms with Crippen molar-refractivity contribution in [1.82, 2.24) is 15.2 Å². The molecule has 1 aromatic heterocycles. The first-order valence-electron chi connectivity index (χ1n) is 8.88. The molecule has 8 heteroatoms. The number of halogens is 3. The van der Waals surface area contributed by atoms with E-state index in [2.05, 4.69) is 26.0 Å². The molecule has 1 saturated heterocycles. The van der Waals surface area contributed by atoms with E-state index in [9.17, 15) is 18.0 Å². The molecule has 1 aliphatic carbocycles. The van der Waals surface area contributed by atoms with Crippen LogP contribution >= 0.6 is 0 Å². The second kappa shape index (κ2) is 6.92. The molecule has 4 rings (SSSR count). The minimum Gasteiger partial charge on any atom is -0.406 e. The van der Waals surface area contributed by atoms with Crippen LogP contribution in [0.3, 0.4) is 0 Å². The van der Waals surface area contributed by atoms with E-state index < -0.39 is 12.1 Å². The first-order valence-corrected chi connectivity index (χ1v) is 8.88. The van der Waals surface area contributed by atoms with Gasteiger partial charge in [0.15, 0.2) is 0 Å². The summed E-state index contributed by atoms with van der Waals surface area (Å²) < 4.78 is 40.7. The molecule has 0 radical (unpaired) electrons. The third-order valence-electron chi connectivity index (χ3n) is 5.33.